The lowest BCUT2D eigenvalue weighted by Gasteiger charge is -2.18. The summed E-state index contributed by atoms with van der Waals surface area (Å²) in [6.45, 7) is 3.47. The Kier molecular flexibility index (Phi) is 3.71. The van der Waals surface area contributed by atoms with Crippen molar-refractivity contribution in [2.75, 3.05) is 7.11 Å². The maximum absolute atomic E-state index is 12.3. The zero-order valence-electron chi connectivity index (χ0n) is 11.1. The SMILES string of the molecule is COc1ccc2c(c1)CC[C@H]2C(=O)[C@@H](C)[C@@H](C)O. The minimum Gasteiger partial charge on any atom is -0.497 e. The monoisotopic (exact) mass is 248 g/mol. The first kappa shape index (κ1) is 13.1. The van der Waals surface area contributed by atoms with E-state index in [9.17, 15) is 9.90 Å². The normalized spacial score (nSPS) is 21.2. The van der Waals surface area contributed by atoms with Gasteiger partial charge in [-0.05, 0) is 43.0 Å². The highest BCUT2D eigenvalue weighted by Crippen LogP contribution is 2.37. The first-order valence-electron chi connectivity index (χ1n) is 6.43. The summed E-state index contributed by atoms with van der Waals surface area (Å²) in [5.41, 5.74) is 2.30. The average Bonchev–Trinajstić information content (AvgIpc) is 2.79. The van der Waals surface area contributed by atoms with E-state index in [0.717, 1.165) is 24.2 Å². The molecule has 1 aliphatic rings. The van der Waals surface area contributed by atoms with Gasteiger partial charge in [-0.1, -0.05) is 13.0 Å². The molecule has 0 aromatic heterocycles. The zero-order chi connectivity index (χ0) is 13.3. The Morgan fingerprint density at radius 3 is 2.78 bits per heavy atom. The molecule has 0 saturated carbocycles. The molecular formula is C15H20O3. The summed E-state index contributed by atoms with van der Waals surface area (Å²) in [5.74, 6) is 0.623. The summed E-state index contributed by atoms with van der Waals surface area (Å²) >= 11 is 0. The Morgan fingerprint density at radius 1 is 1.44 bits per heavy atom. The van der Waals surface area contributed by atoms with E-state index in [2.05, 4.69) is 0 Å². The van der Waals surface area contributed by atoms with Crippen LogP contribution in [0.15, 0.2) is 18.2 Å². The van der Waals surface area contributed by atoms with E-state index in [0.29, 0.717) is 0 Å². The van der Waals surface area contributed by atoms with Crippen LogP contribution < -0.4 is 4.74 Å². The molecule has 1 aliphatic carbocycles. The molecule has 1 N–H and O–H groups in total. The largest absolute Gasteiger partial charge is 0.497 e. The number of aryl methyl sites for hydroxylation is 1. The van der Waals surface area contributed by atoms with Crippen molar-refractivity contribution >= 4 is 5.78 Å². The number of hydrogen-bond donors (Lipinski definition) is 1. The number of ether oxygens (including phenoxy) is 1. The molecule has 0 fully saturated rings. The fraction of sp³-hybridized carbons (Fsp3) is 0.533. The van der Waals surface area contributed by atoms with Crippen molar-refractivity contribution in [3.05, 3.63) is 29.3 Å². The molecule has 0 radical (unpaired) electrons. The molecule has 3 heteroatoms. The van der Waals surface area contributed by atoms with E-state index in [4.69, 9.17) is 4.74 Å². The molecule has 18 heavy (non-hydrogen) atoms. The van der Waals surface area contributed by atoms with Gasteiger partial charge in [0.05, 0.1) is 13.2 Å². The van der Waals surface area contributed by atoms with Gasteiger partial charge in [-0.2, -0.15) is 0 Å². The number of carbonyl (C=O) groups is 1. The van der Waals surface area contributed by atoms with Crippen LogP contribution in [0.4, 0.5) is 0 Å². The summed E-state index contributed by atoms with van der Waals surface area (Å²) in [5, 5.41) is 9.54. The van der Waals surface area contributed by atoms with Crippen molar-refractivity contribution in [2.45, 2.75) is 38.7 Å². The Balaban J connectivity index is 2.24. The number of carbonyl (C=O) groups excluding carboxylic acids is 1. The van der Waals surface area contributed by atoms with Gasteiger partial charge < -0.3 is 9.84 Å². The summed E-state index contributed by atoms with van der Waals surface area (Å²) in [6, 6.07) is 5.89. The lowest BCUT2D eigenvalue weighted by Crippen LogP contribution is -2.27. The predicted molar refractivity (Wildman–Crippen MR) is 69.9 cm³/mol. The molecule has 0 heterocycles. The van der Waals surface area contributed by atoms with Crippen molar-refractivity contribution in [1.82, 2.24) is 0 Å². The molecular weight excluding hydrogens is 228 g/mol. The van der Waals surface area contributed by atoms with Crippen LogP contribution in [0.2, 0.25) is 0 Å². The van der Waals surface area contributed by atoms with Crippen molar-refractivity contribution < 1.29 is 14.6 Å². The van der Waals surface area contributed by atoms with Crippen LogP contribution in [0, 0.1) is 5.92 Å². The Hall–Kier alpha value is -1.35. The molecule has 98 valence electrons. The Labute approximate surface area is 108 Å². The zero-order valence-corrected chi connectivity index (χ0v) is 11.1. The number of benzene rings is 1. The Bertz CT molecular complexity index is 451. The smallest absolute Gasteiger partial charge is 0.145 e. The van der Waals surface area contributed by atoms with Gasteiger partial charge in [-0.25, -0.2) is 0 Å². The van der Waals surface area contributed by atoms with Crippen LogP contribution in [0.1, 0.15) is 37.3 Å². The second kappa shape index (κ2) is 5.11. The van der Waals surface area contributed by atoms with Crippen molar-refractivity contribution in [3.8, 4) is 5.75 Å². The van der Waals surface area contributed by atoms with Crippen molar-refractivity contribution in [2.24, 2.45) is 5.92 Å². The van der Waals surface area contributed by atoms with E-state index in [1.807, 2.05) is 18.2 Å². The first-order valence-corrected chi connectivity index (χ1v) is 6.43. The lowest BCUT2D eigenvalue weighted by molar-refractivity contribution is -0.126. The second-order valence-corrected chi connectivity index (χ2v) is 5.09. The molecule has 0 bridgehead atoms. The minimum atomic E-state index is -0.584. The molecule has 0 amide bonds. The van der Waals surface area contributed by atoms with Gasteiger partial charge in [0.15, 0.2) is 0 Å². The van der Waals surface area contributed by atoms with Crippen LogP contribution in [0.3, 0.4) is 0 Å². The van der Waals surface area contributed by atoms with Crippen LogP contribution in [0.25, 0.3) is 0 Å². The van der Waals surface area contributed by atoms with Gasteiger partial charge in [-0.15, -0.1) is 0 Å². The average molecular weight is 248 g/mol. The highest BCUT2D eigenvalue weighted by molar-refractivity contribution is 5.89. The van der Waals surface area contributed by atoms with Crippen LogP contribution in [-0.2, 0) is 11.2 Å². The highest BCUT2D eigenvalue weighted by atomic mass is 16.5. The van der Waals surface area contributed by atoms with Gasteiger partial charge in [0, 0.05) is 11.8 Å². The van der Waals surface area contributed by atoms with E-state index in [1.165, 1.54) is 5.56 Å². The molecule has 0 aliphatic heterocycles. The Morgan fingerprint density at radius 2 is 2.17 bits per heavy atom. The first-order chi connectivity index (χ1) is 8.54. The number of aliphatic hydroxyl groups excluding tert-OH is 1. The van der Waals surface area contributed by atoms with Crippen LogP contribution in [0.5, 0.6) is 5.75 Å². The number of rotatable bonds is 4. The van der Waals surface area contributed by atoms with Crippen LogP contribution >= 0.6 is 0 Å². The quantitative estimate of drug-likeness (QED) is 0.889. The molecule has 3 atom stereocenters. The van der Waals surface area contributed by atoms with Crippen molar-refractivity contribution in [3.63, 3.8) is 0 Å². The maximum atomic E-state index is 12.3. The van der Waals surface area contributed by atoms with E-state index in [1.54, 1.807) is 21.0 Å². The minimum absolute atomic E-state index is 0.0597. The molecule has 1 aromatic carbocycles. The fourth-order valence-corrected chi connectivity index (χ4v) is 2.57. The molecule has 2 rings (SSSR count). The fourth-order valence-electron chi connectivity index (χ4n) is 2.57. The van der Waals surface area contributed by atoms with Gasteiger partial charge in [0.2, 0.25) is 0 Å². The van der Waals surface area contributed by atoms with E-state index < -0.39 is 6.10 Å². The van der Waals surface area contributed by atoms with Gasteiger partial charge in [0.25, 0.3) is 0 Å². The number of fused-ring (bicyclic) bond motifs is 1. The second-order valence-electron chi connectivity index (χ2n) is 5.09. The number of methoxy groups -OCH3 is 1. The third-order valence-electron chi connectivity index (χ3n) is 3.94. The number of ketones is 1. The standard InChI is InChI=1S/C15H20O3/c1-9(10(2)16)15(17)14-6-4-11-8-12(18-3)5-7-13(11)14/h5,7-10,14,16H,4,6H2,1-3H3/t9-,10+,14+/m0/s1. The van der Waals surface area contributed by atoms with Gasteiger partial charge in [0.1, 0.15) is 11.5 Å². The predicted octanol–water partition coefficient (Wildman–Crippen LogP) is 2.31. The summed E-state index contributed by atoms with van der Waals surface area (Å²) < 4.78 is 5.20. The number of hydrogen-bond acceptors (Lipinski definition) is 3. The van der Waals surface area contributed by atoms with Crippen molar-refractivity contribution in [1.29, 1.82) is 0 Å². The number of Topliss-reactive ketones (excluding diaryl/α,β-unsaturated/α-hetero) is 1. The molecule has 0 unspecified atom stereocenters. The summed E-state index contributed by atoms with van der Waals surface area (Å²) in [7, 11) is 1.65. The topological polar surface area (TPSA) is 46.5 Å². The van der Waals surface area contributed by atoms with E-state index >= 15 is 0 Å². The molecule has 1 aromatic rings. The molecule has 3 nitrogen and oxygen atoms in total. The lowest BCUT2D eigenvalue weighted by atomic mass is 9.87. The van der Waals surface area contributed by atoms with E-state index in [-0.39, 0.29) is 17.6 Å². The van der Waals surface area contributed by atoms with Gasteiger partial charge >= 0.3 is 0 Å². The summed E-state index contributed by atoms with van der Waals surface area (Å²) in [4.78, 5) is 12.3. The van der Waals surface area contributed by atoms with Crippen LogP contribution in [-0.4, -0.2) is 24.1 Å². The molecule has 0 saturated heterocycles. The summed E-state index contributed by atoms with van der Waals surface area (Å²) in [6.07, 6.45) is 1.17. The third-order valence-corrected chi connectivity index (χ3v) is 3.94. The molecule has 0 spiro atoms. The number of aliphatic hydroxyl groups is 1. The maximum Gasteiger partial charge on any atom is 0.145 e. The third kappa shape index (κ3) is 2.27. The highest BCUT2D eigenvalue weighted by Gasteiger charge is 2.32. The van der Waals surface area contributed by atoms with Gasteiger partial charge in [-0.3, -0.25) is 4.79 Å².